The number of aryl methyl sites for hydroxylation is 1. The molecule has 0 unspecified atom stereocenters. The van der Waals surface area contributed by atoms with Crippen LogP contribution in [0.5, 0.6) is 0 Å². The first-order valence-electron chi connectivity index (χ1n) is 11.2. The van der Waals surface area contributed by atoms with Gasteiger partial charge in [0.15, 0.2) is 0 Å². The van der Waals surface area contributed by atoms with Crippen LogP contribution < -0.4 is 0 Å². The van der Waals surface area contributed by atoms with Gasteiger partial charge in [-0.15, -0.1) is 0 Å². The Morgan fingerprint density at radius 3 is 2.41 bits per heavy atom. The third kappa shape index (κ3) is 8.84. The quantitative estimate of drug-likeness (QED) is 0.244. The van der Waals surface area contributed by atoms with Gasteiger partial charge in [-0.05, 0) is 68.6 Å². The summed E-state index contributed by atoms with van der Waals surface area (Å²) in [5.41, 5.74) is 1.79. The molecule has 0 N–H and O–H groups in total. The topological polar surface area (TPSA) is 52.6 Å². The predicted molar refractivity (Wildman–Crippen MR) is 116 cm³/mol. The molecule has 1 aromatic carbocycles. The maximum absolute atomic E-state index is 12.4. The Bertz CT molecular complexity index is 627. The van der Waals surface area contributed by atoms with Crippen LogP contribution in [0.2, 0.25) is 0 Å². The number of ether oxygens (including phenoxy) is 2. The van der Waals surface area contributed by atoms with E-state index in [1.54, 1.807) is 0 Å². The summed E-state index contributed by atoms with van der Waals surface area (Å²) in [6.45, 7) is 6.03. The van der Waals surface area contributed by atoms with Crippen LogP contribution in [0, 0.1) is 5.92 Å². The SMILES string of the molecule is C=CC(=O)OCCCCc1ccc(C(=O)OC2CCC(CCCCC)CC2)cc1. The van der Waals surface area contributed by atoms with Crippen molar-refractivity contribution in [2.75, 3.05) is 6.61 Å². The summed E-state index contributed by atoms with van der Waals surface area (Å²) < 4.78 is 10.7. The van der Waals surface area contributed by atoms with E-state index < -0.39 is 0 Å². The second kappa shape index (κ2) is 13.2. The zero-order chi connectivity index (χ0) is 20.9. The van der Waals surface area contributed by atoms with E-state index in [4.69, 9.17) is 9.47 Å². The van der Waals surface area contributed by atoms with Crippen molar-refractivity contribution in [3.8, 4) is 0 Å². The zero-order valence-electron chi connectivity index (χ0n) is 17.9. The minimum Gasteiger partial charge on any atom is -0.463 e. The normalized spacial score (nSPS) is 18.8. The molecule has 0 aromatic heterocycles. The summed E-state index contributed by atoms with van der Waals surface area (Å²) in [7, 11) is 0. The molecule has 0 saturated heterocycles. The number of unbranched alkanes of at least 4 members (excludes halogenated alkanes) is 3. The van der Waals surface area contributed by atoms with Crippen molar-refractivity contribution in [1.29, 1.82) is 0 Å². The number of benzene rings is 1. The van der Waals surface area contributed by atoms with Gasteiger partial charge in [0.2, 0.25) is 0 Å². The lowest BCUT2D eigenvalue weighted by atomic mass is 9.84. The molecule has 1 fully saturated rings. The maximum atomic E-state index is 12.4. The lowest BCUT2D eigenvalue weighted by Gasteiger charge is -2.28. The standard InChI is InChI=1S/C25H36O4/c1-3-5-6-9-21-13-17-23(18-14-21)29-25(27)22-15-11-20(12-16-22)10-7-8-19-28-24(26)4-2/h4,11-12,15-16,21,23H,2-3,5-10,13-14,17-19H2,1H3. The van der Waals surface area contributed by atoms with E-state index in [9.17, 15) is 9.59 Å². The van der Waals surface area contributed by atoms with Gasteiger partial charge in [-0.3, -0.25) is 0 Å². The van der Waals surface area contributed by atoms with Crippen molar-refractivity contribution in [1.82, 2.24) is 0 Å². The molecule has 0 spiro atoms. The Balaban J connectivity index is 1.66. The number of carbonyl (C=O) groups excluding carboxylic acids is 2. The van der Waals surface area contributed by atoms with Gasteiger partial charge >= 0.3 is 11.9 Å². The lowest BCUT2D eigenvalue weighted by molar-refractivity contribution is -0.137. The fourth-order valence-corrected chi connectivity index (χ4v) is 3.91. The van der Waals surface area contributed by atoms with Crippen molar-refractivity contribution in [3.05, 3.63) is 48.0 Å². The first-order chi connectivity index (χ1) is 14.1. The highest BCUT2D eigenvalue weighted by atomic mass is 16.5. The second-order valence-corrected chi connectivity index (χ2v) is 8.07. The molecule has 1 saturated carbocycles. The van der Waals surface area contributed by atoms with E-state index in [0.717, 1.165) is 38.0 Å². The van der Waals surface area contributed by atoms with E-state index in [2.05, 4.69) is 13.5 Å². The molecule has 0 bridgehead atoms. The Hall–Kier alpha value is -2.10. The average molecular weight is 401 g/mol. The Kier molecular flexibility index (Phi) is 10.5. The molecule has 0 aliphatic heterocycles. The number of carbonyl (C=O) groups is 2. The first-order valence-corrected chi connectivity index (χ1v) is 11.2. The number of hydrogen-bond acceptors (Lipinski definition) is 4. The average Bonchev–Trinajstić information content (AvgIpc) is 2.75. The smallest absolute Gasteiger partial charge is 0.338 e. The van der Waals surface area contributed by atoms with E-state index in [0.29, 0.717) is 12.2 Å². The number of esters is 2. The maximum Gasteiger partial charge on any atom is 0.338 e. The number of rotatable bonds is 12. The molecule has 2 rings (SSSR count). The fraction of sp³-hybridized carbons (Fsp3) is 0.600. The van der Waals surface area contributed by atoms with Gasteiger partial charge < -0.3 is 9.47 Å². The van der Waals surface area contributed by atoms with Gasteiger partial charge in [-0.25, -0.2) is 9.59 Å². The van der Waals surface area contributed by atoms with E-state index in [1.165, 1.54) is 50.2 Å². The van der Waals surface area contributed by atoms with Crippen molar-refractivity contribution in [2.45, 2.75) is 83.7 Å². The minimum absolute atomic E-state index is 0.0721. The first kappa shape index (κ1) is 23.2. The molecular formula is C25H36O4. The van der Waals surface area contributed by atoms with Crippen LogP contribution in [-0.4, -0.2) is 24.6 Å². The second-order valence-electron chi connectivity index (χ2n) is 8.07. The molecule has 4 nitrogen and oxygen atoms in total. The third-order valence-electron chi connectivity index (χ3n) is 5.74. The zero-order valence-corrected chi connectivity index (χ0v) is 17.9. The van der Waals surface area contributed by atoms with Crippen molar-refractivity contribution < 1.29 is 19.1 Å². The van der Waals surface area contributed by atoms with E-state index in [-0.39, 0.29) is 18.0 Å². The van der Waals surface area contributed by atoms with Crippen LogP contribution in [-0.2, 0) is 20.7 Å². The minimum atomic E-state index is -0.377. The molecule has 1 aliphatic carbocycles. The number of hydrogen-bond donors (Lipinski definition) is 0. The Morgan fingerprint density at radius 2 is 1.76 bits per heavy atom. The van der Waals surface area contributed by atoms with Gasteiger partial charge in [0, 0.05) is 6.08 Å². The summed E-state index contributed by atoms with van der Waals surface area (Å²) in [5.74, 6) is 0.233. The van der Waals surface area contributed by atoms with Gasteiger partial charge in [0.25, 0.3) is 0 Å². The van der Waals surface area contributed by atoms with Crippen LogP contribution in [0.15, 0.2) is 36.9 Å². The van der Waals surface area contributed by atoms with Crippen LogP contribution in [0.1, 0.15) is 87.1 Å². The molecule has 0 heterocycles. The molecule has 1 aliphatic rings. The Morgan fingerprint density at radius 1 is 1.03 bits per heavy atom. The molecule has 4 heteroatoms. The van der Waals surface area contributed by atoms with Crippen LogP contribution >= 0.6 is 0 Å². The summed E-state index contributed by atoms with van der Waals surface area (Å²) >= 11 is 0. The molecule has 29 heavy (non-hydrogen) atoms. The van der Waals surface area contributed by atoms with E-state index in [1.807, 2.05) is 24.3 Å². The van der Waals surface area contributed by atoms with Crippen molar-refractivity contribution in [3.63, 3.8) is 0 Å². The molecule has 0 atom stereocenters. The summed E-state index contributed by atoms with van der Waals surface area (Å²) in [6.07, 6.45) is 13.5. The predicted octanol–water partition coefficient (Wildman–Crippen LogP) is 6.03. The van der Waals surface area contributed by atoms with Gasteiger partial charge in [-0.2, -0.15) is 0 Å². The van der Waals surface area contributed by atoms with Gasteiger partial charge in [-0.1, -0.05) is 51.3 Å². The van der Waals surface area contributed by atoms with Gasteiger partial charge in [0.05, 0.1) is 12.2 Å². The monoisotopic (exact) mass is 400 g/mol. The molecular weight excluding hydrogens is 364 g/mol. The van der Waals surface area contributed by atoms with E-state index >= 15 is 0 Å². The van der Waals surface area contributed by atoms with Crippen molar-refractivity contribution in [2.24, 2.45) is 5.92 Å². The van der Waals surface area contributed by atoms with Crippen LogP contribution in [0.25, 0.3) is 0 Å². The molecule has 0 amide bonds. The summed E-state index contributed by atoms with van der Waals surface area (Å²) in [4.78, 5) is 23.4. The lowest BCUT2D eigenvalue weighted by Crippen LogP contribution is -2.24. The highest BCUT2D eigenvalue weighted by Crippen LogP contribution is 2.30. The van der Waals surface area contributed by atoms with Crippen molar-refractivity contribution >= 4 is 11.9 Å². The van der Waals surface area contributed by atoms with Crippen LogP contribution in [0.3, 0.4) is 0 Å². The fourth-order valence-electron chi connectivity index (χ4n) is 3.91. The Labute approximate surface area is 175 Å². The summed E-state index contributed by atoms with van der Waals surface area (Å²) in [6, 6.07) is 7.67. The largest absolute Gasteiger partial charge is 0.463 e. The molecule has 160 valence electrons. The molecule has 1 aromatic rings. The summed E-state index contributed by atoms with van der Waals surface area (Å²) in [5, 5.41) is 0. The highest BCUT2D eigenvalue weighted by Gasteiger charge is 2.24. The molecule has 0 radical (unpaired) electrons. The highest BCUT2D eigenvalue weighted by molar-refractivity contribution is 5.89. The third-order valence-corrected chi connectivity index (χ3v) is 5.74. The van der Waals surface area contributed by atoms with Gasteiger partial charge in [0.1, 0.15) is 6.10 Å². The van der Waals surface area contributed by atoms with Crippen LogP contribution in [0.4, 0.5) is 0 Å².